The normalized spacial score (nSPS) is 15.9. The highest BCUT2D eigenvalue weighted by atomic mass is 32.1. The predicted octanol–water partition coefficient (Wildman–Crippen LogP) is 2.40. The molecule has 0 atom stereocenters. The fourth-order valence-electron chi connectivity index (χ4n) is 1.48. The van der Waals surface area contributed by atoms with Crippen LogP contribution >= 0.6 is 12.6 Å². The molecule has 1 saturated carbocycles. The summed E-state index contributed by atoms with van der Waals surface area (Å²) in [6, 6.07) is 4.49. The van der Waals surface area contributed by atoms with Crippen molar-refractivity contribution in [1.82, 2.24) is 5.32 Å². The highest BCUT2D eigenvalue weighted by molar-refractivity contribution is 7.80. The van der Waals surface area contributed by atoms with E-state index in [2.05, 4.69) is 17.9 Å². The molecule has 2 nitrogen and oxygen atoms in total. The first-order chi connectivity index (χ1) is 7.16. The van der Waals surface area contributed by atoms with E-state index in [-0.39, 0.29) is 10.8 Å². The number of rotatable bonds is 2. The Hall–Kier alpha value is -1.03. The van der Waals surface area contributed by atoms with Crippen molar-refractivity contribution in [2.24, 2.45) is 0 Å². The molecule has 4 heteroatoms. The van der Waals surface area contributed by atoms with Crippen molar-refractivity contribution in [1.29, 1.82) is 0 Å². The van der Waals surface area contributed by atoms with Crippen LogP contribution in [-0.2, 0) is 0 Å². The first-order valence-electron chi connectivity index (χ1n) is 4.96. The Kier molecular flexibility index (Phi) is 2.95. The number of amides is 1. The van der Waals surface area contributed by atoms with E-state index in [4.69, 9.17) is 0 Å². The molecule has 1 aliphatic carbocycles. The number of carbonyl (C=O) groups excluding carboxylic acids is 1. The second kappa shape index (κ2) is 4.23. The first-order valence-corrected chi connectivity index (χ1v) is 5.41. The van der Waals surface area contributed by atoms with E-state index in [1.54, 1.807) is 0 Å². The SMILES string of the molecule is O=C(NC1CCC1)c1ccc(F)c(S)c1. The molecule has 1 aromatic carbocycles. The summed E-state index contributed by atoms with van der Waals surface area (Å²) in [5, 5.41) is 2.88. The zero-order valence-electron chi connectivity index (χ0n) is 8.16. The molecule has 0 radical (unpaired) electrons. The van der Waals surface area contributed by atoms with Crippen LogP contribution in [0.4, 0.5) is 4.39 Å². The van der Waals surface area contributed by atoms with Crippen molar-refractivity contribution in [3.63, 3.8) is 0 Å². The fourth-order valence-corrected chi connectivity index (χ4v) is 1.69. The molecule has 0 bridgehead atoms. The molecule has 1 N–H and O–H groups in total. The van der Waals surface area contributed by atoms with E-state index in [0.717, 1.165) is 12.8 Å². The van der Waals surface area contributed by atoms with Crippen molar-refractivity contribution in [3.05, 3.63) is 29.6 Å². The minimum Gasteiger partial charge on any atom is -0.349 e. The molecule has 0 aliphatic heterocycles. The molecule has 15 heavy (non-hydrogen) atoms. The van der Waals surface area contributed by atoms with Crippen LogP contribution < -0.4 is 5.32 Å². The molecule has 1 aromatic rings. The van der Waals surface area contributed by atoms with E-state index in [0.29, 0.717) is 11.6 Å². The largest absolute Gasteiger partial charge is 0.349 e. The van der Waals surface area contributed by atoms with Gasteiger partial charge in [-0.2, -0.15) is 0 Å². The summed E-state index contributed by atoms with van der Waals surface area (Å²) < 4.78 is 12.9. The van der Waals surface area contributed by atoms with E-state index in [1.165, 1.54) is 24.6 Å². The Labute approximate surface area is 93.3 Å². The predicted molar refractivity (Wildman–Crippen MR) is 58.8 cm³/mol. The van der Waals surface area contributed by atoms with Crippen LogP contribution in [0.2, 0.25) is 0 Å². The number of benzene rings is 1. The molecule has 1 aliphatic rings. The number of nitrogens with one attached hydrogen (secondary N) is 1. The Morgan fingerprint density at radius 3 is 2.73 bits per heavy atom. The van der Waals surface area contributed by atoms with Gasteiger partial charge in [0.2, 0.25) is 0 Å². The topological polar surface area (TPSA) is 29.1 Å². The molecule has 2 rings (SSSR count). The quantitative estimate of drug-likeness (QED) is 0.743. The van der Waals surface area contributed by atoms with Gasteiger partial charge in [-0.15, -0.1) is 12.6 Å². The molecular weight excluding hydrogens is 213 g/mol. The summed E-state index contributed by atoms with van der Waals surface area (Å²) in [6.07, 6.45) is 3.26. The van der Waals surface area contributed by atoms with Crippen molar-refractivity contribution >= 4 is 18.5 Å². The van der Waals surface area contributed by atoms with Crippen LogP contribution in [0, 0.1) is 5.82 Å². The van der Waals surface area contributed by atoms with Crippen LogP contribution in [0.3, 0.4) is 0 Å². The molecule has 1 amide bonds. The van der Waals surface area contributed by atoms with Gasteiger partial charge in [0.05, 0.1) is 0 Å². The van der Waals surface area contributed by atoms with Crippen LogP contribution in [0.15, 0.2) is 23.1 Å². The number of halogens is 1. The second-order valence-corrected chi connectivity index (χ2v) is 4.25. The summed E-state index contributed by atoms with van der Waals surface area (Å²) in [7, 11) is 0. The average Bonchev–Trinajstić information content (AvgIpc) is 2.15. The molecule has 0 aromatic heterocycles. The summed E-state index contributed by atoms with van der Waals surface area (Å²) >= 11 is 3.93. The van der Waals surface area contributed by atoms with Crippen LogP contribution in [0.1, 0.15) is 29.6 Å². The van der Waals surface area contributed by atoms with Crippen molar-refractivity contribution in [2.45, 2.75) is 30.2 Å². The highest BCUT2D eigenvalue weighted by Gasteiger charge is 2.20. The molecule has 1 fully saturated rings. The third-order valence-electron chi connectivity index (χ3n) is 2.65. The maximum atomic E-state index is 12.9. The summed E-state index contributed by atoms with van der Waals surface area (Å²) in [5.74, 6) is -0.548. The van der Waals surface area contributed by atoms with Gasteiger partial charge in [-0.25, -0.2) is 4.39 Å². The van der Waals surface area contributed by atoms with Gasteiger partial charge in [-0.1, -0.05) is 0 Å². The zero-order valence-corrected chi connectivity index (χ0v) is 9.06. The van der Waals surface area contributed by atoms with E-state index in [1.807, 2.05) is 0 Å². The monoisotopic (exact) mass is 225 g/mol. The third-order valence-corrected chi connectivity index (χ3v) is 2.99. The van der Waals surface area contributed by atoms with Gasteiger partial charge in [-0.05, 0) is 37.5 Å². The van der Waals surface area contributed by atoms with Gasteiger partial charge in [0.25, 0.3) is 5.91 Å². The van der Waals surface area contributed by atoms with Gasteiger partial charge in [0.1, 0.15) is 5.82 Å². The third kappa shape index (κ3) is 2.31. The Balaban J connectivity index is 2.07. The fraction of sp³-hybridized carbons (Fsp3) is 0.364. The number of thiol groups is 1. The number of hydrogen-bond acceptors (Lipinski definition) is 2. The van der Waals surface area contributed by atoms with Gasteiger partial charge >= 0.3 is 0 Å². The summed E-state index contributed by atoms with van der Waals surface area (Å²) in [6.45, 7) is 0. The maximum Gasteiger partial charge on any atom is 0.251 e. The molecule has 0 saturated heterocycles. The summed E-state index contributed by atoms with van der Waals surface area (Å²) in [5.41, 5.74) is 0.466. The van der Waals surface area contributed by atoms with Gasteiger partial charge in [-0.3, -0.25) is 4.79 Å². The van der Waals surface area contributed by atoms with Crippen molar-refractivity contribution < 1.29 is 9.18 Å². The average molecular weight is 225 g/mol. The lowest BCUT2D eigenvalue weighted by Crippen LogP contribution is -2.39. The van der Waals surface area contributed by atoms with Gasteiger partial charge in [0, 0.05) is 16.5 Å². The van der Waals surface area contributed by atoms with Crippen molar-refractivity contribution in [2.75, 3.05) is 0 Å². The Bertz CT molecular complexity index is 390. The minimum atomic E-state index is -0.404. The van der Waals surface area contributed by atoms with Gasteiger partial charge < -0.3 is 5.32 Å². The minimum absolute atomic E-state index is 0.144. The van der Waals surface area contributed by atoms with Crippen LogP contribution in [0.5, 0.6) is 0 Å². The zero-order chi connectivity index (χ0) is 10.8. The van der Waals surface area contributed by atoms with Gasteiger partial charge in [0.15, 0.2) is 0 Å². The van der Waals surface area contributed by atoms with Crippen molar-refractivity contribution in [3.8, 4) is 0 Å². The molecule has 0 spiro atoms. The smallest absolute Gasteiger partial charge is 0.251 e. The standard InChI is InChI=1S/C11H12FNOS/c12-9-5-4-7(6-10(9)15)11(14)13-8-2-1-3-8/h4-6,8,15H,1-3H2,(H,13,14). The lowest BCUT2D eigenvalue weighted by Gasteiger charge is -2.26. The second-order valence-electron chi connectivity index (χ2n) is 3.77. The van der Waals surface area contributed by atoms with E-state index in [9.17, 15) is 9.18 Å². The molecule has 80 valence electrons. The molecule has 0 unspecified atom stereocenters. The lowest BCUT2D eigenvalue weighted by molar-refractivity contribution is 0.0916. The Morgan fingerprint density at radius 1 is 1.47 bits per heavy atom. The van der Waals surface area contributed by atoms with E-state index < -0.39 is 5.82 Å². The molecule has 0 heterocycles. The molecular formula is C11H12FNOS. The lowest BCUT2D eigenvalue weighted by atomic mass is 9.93. The Morgan fingerprint density at radius 2 is 2.20 bits per heavy atom. The first kappa shape index (κ1) is 10.5. The highest BCUT2D eigenvalue weighted by Crippen LogP contribution is 2.19. The van der Waals surface area contributed by atoms with Crippen LogP contribution in [0.25, 0.3) is 0 Å². The summed E-state index contributed by atoms with van der Waals surface area (Å²) in [4.78, 5) is 11.8. The van der Waals surface area contributed by atoms with E-state index >= 15 is 0 Å². The van der Waals surface area contributed by atoms with Crippen LogP contribution in [-0.4, -0.2) is 11.9 Å². The number of hydrogen-bond donors (Lipinski definition) is 2. The maximum absolute atomic E-state index is 12.9. The number of carbonyl (C=O) groups is 1.